The molecular weight excluding hydrogens is 212 g/mol. The summed E-state index contributed by atoms with van der Waals surface area (Å²) in [5, 5.41) is 3.18. The van der Waals surface area contributed by atoms with Crippen LogP contribution >= 0.6 is 0 Å². The smallest absolute Gasteiger partial charge is 0.223 e. The Morgan fingerprint density at radius 2 is 1.76 bits per heavy atom. The summed E-state index contributed by atoms with van der Waals surface area (Å²) >= 11 is 0. The highest BCUT2D eigenvalue weighted by molar-refractivity contribution is 5.78. The molecule has 17 heavy (non-hydrogen) atoms. The number of rotatable bonds is 3. The summed E-state index contributed by atoms with van der Waals surface area (Å²) in [5.74, 6) is 1.34. The van der Waals surface area contributed by atoms with Crippen molar-refractivity contribution in [2.45, 2.75) is 44.9 Å². The lowest BCUT2D eigenvalue weighted by Crippen LogP contribution is -2.39. The molecule has 0 bridgehead atoms. The third-order valence-corrected chi connectivity index (χ3v) is 4.38. The molecule has 0 unspecified atom stereocenters. The zero-order valence-electron chi connectivity index (χ0n) is 11.1. The molecule has 2 aliphatic rings. The van der Waals surface area contributed by atoms with Crippen LogP contribution in [0.25, 0.3) is 0 Å². The van der Waals surface area contributed by atoms with E-state index in [1.807, 2.05) is 0 Å². The molecular formula is C14H26N2O. The van der Waals surface area contributed by atoms with E-state index < -0.39 is 0 Å². The van der Waals surface area contributed by atoms with Crippen LogP contribution in [0.2, 0.25) is 0 Å². The summed E-state index contributed by atoms with van der Waals surface area (Å²) in [6, 6.07) is 0. The predicted octanol–water partition coefficient (Wildman–Crippen LogP) is 2.02. The quantitative estimate of drug-likeness (QED) is 0.816. The Labute approximate surface area is 105 Å². The van der Waals surface area contributed by atoms with Gasteiger partial charge in [0.2, 0.25) is 5.91 Å². The van der Waals surface area contributed by atoms with E-state index >= 15 is 0 Å². The van der Waals surface area contributed by atoms with Crippen molar-refractivity contribution in [2.24, 2.45) is 11.8 Å². The van der Waals surface area contributed by atoms with Crippen LogP contribution in [0.4, 0.5) is 0 Å². The number of hydrogen-bond acceptors (Lipinski definition) is 2. The van der Waals surface area contributed by atoms with Gasteiger partial charge in [0, 0.05) is 12.5 Å². The van der Waals surface area contributed by atoms with Crippen molar-refractivity contribution in [2.75, 3.05) is 26.7 Å². The Kier molecular flexibility index (Phi) is 4.84. The number of nitrogens with zero attached hydrogens (tertiary/aromatic N) is 1. The van der Waals surface area contributed by atoms with E-state index in [2.05, 4.69) is 17.3 Å². The molecule has 1 saturated carbocycles. The first-order valence-corrected chi connectivity index (χ1v) is 7.22. The van der Waals surface area contributed by atoms with Crippen LogP contribution < -0.4 is 5.32 Å². The van der Waals surface area contributed by atoms with Crippen molar-refractivity contribution >= 4 is 5.91 Å². The lowest BCUT2D eigenvalue weighted by atomic mass is 9.88. The molecule has 0 radical (unpaired) electrons. The monoisotopic (exact) mass is 238 g/mol. The van der Waals surface area contributed by atoms with Gasteiger partial charge in [0.15, 0.2) is 0 Å². The minimum Gasteiger partial charge on any atom is -0.356 e. The fourth-order valence-corrected chi connectivity index (χ4v) is 3.02. The van der Waals surface area contributed by atoms with Gasteiger partial charge < -0.3 is 10.2 Å². The van der Waals surface area contributed by atoms with Crippen molar-refractivity contribution in [3.63, 3.8) is 0 Å². The van der Waals surface area contributed by atoms with E-state index in [0.717, 1.165) is 19.4 Å². The molecule has 0 aromatic carbocycles. The zero-order valence-corrected chi connectivity index (χ0v) is 11.1. The Hall–Kier alpha value is -0.570. The Morgan fingerprint density at radius 1 is 1.12 bits per heavy atom. The summed E-state index contributed by atoms with van der Waals surface area (Å²) in [5.41, 5.74) is 0. The maximum Gasteiger partial charge on any atom is 0.223 e. The maximum atomic E-state index is 12.0. The molecule has 0 atom stereocenters. The highest BCUT2D eigenvalue weighted by atomic mass is 16.1. The third kappa shape index (κ3) is 3.98. The van der Waals surface area contributed by atoms with Gasteiger partial charge in [-0.2, -0.15) is 0 Å². The summed E-state index contributed by atoms with van der Waals surface area (Å²) in [6.45, 7) is 3.27. The molecule has 1 heterocycles. The van der Waals surface area contributed by atoms with Crippen LogP contribution in [0.1, 0.15) is 44.9 Å². The summed E-state index contributed by atoms with van der Waals surface area (Å²) in [6.07, 6.45) is 8.50. The normalized spacial score (nSPS) is 24.8. The molecule has 3 nitrogen and oxygen atoms in total. The van der Waals surface area contributed by atoms with Crippen LogP contribution in [-0.4, -0.2) is 37.5 Å². The van der Waals surface area contributed by atoms with Crippen molar-refractivity contribution in [1.82, 2.24) is 10.2 Å². The second-order valence-electron chi connectivity index (χ2n) is 5.83. The Morgan fingerprint density at radius 3 is 2.41 bits per heavy atom. The molecule has 2 rings (SSSR count). The largest absolute Gasteiger partial charge is 0.356 e. The van der Waals surface area contributed by atoms with E-state index in [1.165, 1.54) is 45.2 Å². The molecule has 0 aromatic rings. The first-order chi connectivity index (χ1) is 8.25. The average molecular weight is 238 g/mol. The van der Waals surface area contributed by atoms with Crippen LogP contribution in [0, 0.1) is 11.8 Å². The number of hydrogen-bond donors (Lipinski definition) is 1. The highest BCUT2D eigenvalue weighted by Gasteiger charge is 2.22. The van der Waals surface area contributed by atoms with Crippen molar-refractivity contribution in [3.05, 3.63) is 0 Å². The number of carbonyl (C=O) groups excluding carboxylic acids is 1. The molecule has 3 heteroatoms. The standard InChI is InChI=1S/C14H26N2O/c1-16-9-7-12(8-10-16)11-15-14(17)13-5-3-2-4-6-13/h12-13H,2-11H2,1H3,(H,15,17). The van der Waals surface area contributed by atoms with Crippen LogP contribution in [-0.2, 0) is 4.79 Å². The SMILES string of the molecule is CN1CCC(CNC(=O)C2CCCCC2)CC1. The topological polar surface area (TPSA) is 32.3 Å². The second-order valence-corrected chi connectivity index (χ2v) is 5.83. The highest BCUT2D eigenvalue weighted by Crippen LogP contribution is 2.24. The van der Waals surface area contributed by atoms with Crippen molar-refractivity contribution < 1.29 is 4.79 Å². The number of likely N-dealkylation sites (tertiary alicyclic amines) is 1. The molecule has 1 amide bonds. The molecule has 0 aromatic heterocycles. The molecule has 1 N–H and O–H groups in total. The zero-order chi connectivity index (χ0) is 12.1. The first kappa shape index (κ1) is 12.9. The lowest BCUT2D eigenvalue weighted by Gasteiger charge is -2.29. The third-order valence-electron chi connectivity index (χ3n) is 4.38. The van der Waals surface area contributed by atoms with Gasteiger partial charge in [-0.05, 0) is 51.7 Å². The van der Waals surface area contributed by atoms with Gasteiger partial charge in [0.05, 0.1) is 0 Å². The van der Waals surface area contributed by atoms with Gasteiger partial charge in [-0.3, -0.25) is 4.79 Å². The minimum atomic E-state index is 0.315. The van der Waals surface area contributed by atoms with Gasteiger partial charge in [-0.25, -0.2) is 0 Å². The van der Waals surface area contributed by atoms with Gasteiger partial charge in [-0.1, -0.05) is 19.3 Å². The summed E-state index contributed by atoms with van der Waals surface area (Å²) < 4.78 is 0. The molecule has 2 fully saturated rings. The summed E-state index contributed by atoms with van der Waals surface area (Å²) in [4.78, 5) is 14.4. The van der Waals surface area contributed by atoms with Gasteiger partial charge in [0.1, 0.15) is 0 Å². The van der Waals surface area contributed by atoms with Crippen LogP contribution in [0.15, 0.2) is 0 Å². The van der Waals surface area contributed by atoms with Crippen molar-refractivity contribution in [3.8, 4) is 0 Å². The molecule has 1 saturated heterocycles. The minimum absolute atomic E-state index is 0.315. The fraction of sp³-hybridized carbons (Fsp3) is 0.929. The number of amides is 1. The molecule has 98 valence electrons. The molecule has 1 aliphatic heterocycles. The van der Waals surface area contributed by atoms with E-state index in [4.69, 9.17) is 0 Å². The van der Waals surface area contributed by atoms with Gasteiger partial charge >= 0.3 is 0 Å². The van der Waals surface area contributed by atoms with E-state index in [0.29, 0.717) is 17.7 Å². The fourth-order valence-electron chi connectivity index (χ4n) is 3.02. The van der Waals surface area contributed by atoms with E-state index in [1.54, 1.807) is 0 Å². The second kappa shape index (κ2) is 6.39. The first-order valence-electron chi connectivity index (χ1n) is 7.22. The number of piperidine rings is 1. The lowest BCUT2D eigenvalue weighted by molar-refractivity contribution is -0.126. The van der Waals surface area contributed by atoms with Crippen molar-refractivity contribution in [1.29, 1.82) is 0 Å². The van der Waals surface area contributed by atoms with Gasteiger partial charge in [0.25, 0.3) is 0 Å². The molecule has 0 spiro atoms. The Bertz CT molecular complexity index is 241. The van der Waals surface area contributed by atoms with E-state index in [-0.39, 0.29) is 0 Å². The predicted molar refractivity (Wildman–Crippen MR) is 69.8 cm³/mol. The number of carbonyl (C=O) groups is 1. The maximum absolute atomic E-state index is 12.0. The van der Waals surface area contributed by atoms with Gasteiger partial charge in [-0.15, -0.1) is 0 Å². The average Bonchev–Trinajstić information content (AvgIpc) is 2.39. The van der Waals surface area contributed by atoms with E-state index in [9.17, 15) is 4.79 Å². The molecule has 1 aliphatic carbocycles. The Balaban J connectivity index is 1.65. The van der Waals surface area contributed by atoms with Crippen LogP contribution in [0.5, 0.6) is 0 Å². The number of nitrogens with one attached hydrogen (secondary N) is 1. The van der Waals surface area contributed by atoms with Crippen LogP contribution in [0.3, 0.4) is 0 Å². The summed E-state index contributed by atoms with van der Waals surface area (Å²) in [7, 11) is 2.18.